The van der Waals surface area contributed by atoms with Gasteiger partial charge in [0.25, 0.3) is 5.91 Å². The van der Waals surface area contributed by atoms with Crippen molar-refractivity contribution >= 4 is 43.0 Å². The van der Waals surface area contributed by atoms with Crippen molar-refractivity contribution in [3.05, 3.63) is 58.7 Å². The van der Waals surface area contributed by atoms with Crippen LogP contribution in [0.3, 0.4) is 0 Å². The third-order valence-corrected chi connectivity index (χ3v) is 8.01. The van der Waals surface area contributed by atoms with Gasteiger partial charge in [-0.3, -0.25) is 4.79 Å². The minimum Gasteiger partial charge on any atom is -0.379 e. The average Bonchev–Trinajstić information content (AvgIpc) is 3.07. The summed E-state index contributed by atoms with van der Waals surface area (Å²) in [5, 5.41) is 3.70. The van der Waals surface area contributed by atoms with Crippen molar-refractivity contribution in [1.29, 1.82) is 0 Å². The summed E-state index contributed by atoms with van der Waals surface area (Å²) in [5.74, 6) is -1.21. The molecule has 1 aromatic heterocycles. The number of hydrogen-bond acceptors (Lipinski definition) is 5. The van der Waals surface area contributed by atoms with E-state index in [-0.39, 0.29) is 37.9 Å². The number of fused-ring (bicyclic) bond motifs is 1. The quantitative estimate of drug-likeness (QED) is 0.681. The van der Waals surface area contributed by atoms with Crippen molar-refractivity contribution in [3.8, 4) is 0 Å². The first-order chi connectivity index (χ1) is 13.9. The van der Waals surface area contributed by atoms with Crippen LogP contribution >= 0.6 is 11.3 Å². The molecular formula is C20H19FN2O4S2. The van der Waals surface area contributed by atoms with E-state index in [9.17, 15) is 17.6 Å². The van der Waals surface area contributed by atoms with Gasteiger partial charge in [-0.2, -0.15) is 4.31 Å². The first kappa shape index (κ1) is 20.0. The fourth-order valence-corrected chi connectivity index (χ4v) is 5.89. The van der Waals surface area contributed by atoms with Crippen LogP contribution in [0.1, 0.15) is 15.2 Å². The molecule has 0 bridgehead atoms. The summed E-state index contributed by atoms with van der Waals surface area (Å²) in [7, 11) is -4.01. The maximum atomic E-state index is 14.3. The second kappa shape index (κ2) is 7.83. The zero-order chi connectivity index (χ0) is 20.6. The number of rotatable bonds is 4. The maximum absolute atomic E-state index is 14.3. The molecule has 0 radical (unpaired) electrons. The molecule has 1 saturated heterocycles. The monoisotopic (exact) mass is 434 g/mol. The van der Waals surface area contributed by atoms with Gasteiger partial charge in [0.15, 0.2) is 0 Å². The Balaban J connectivity index is 1.63. The largest absolute Gasteiger partial charge is 0.379 e. The van der Waals surface area contributed by atoms with Crippen molar-refractivity contribution in [2.45, 2.75) is 11.8 Å². The van der Waals surface area contributed by atoms with E-state index < -0.39 is 20.7 Å². The summed E-state index contributed by atoms with van der Waals surface area (Å²) >= 11 is 1.36. The minimum atomic E-state index is -4.01. The topological polar surface area (TPSA) is 75.7 Å². The first-order valence-corrected chi connectivity index (χ1v) is 11.3. The molecule has 2 heterocycles. The number of morpholine rings is 1. The molecule has 1 aliphatic heterocycles. The molecule has 152 valence electrons. The molecule has 29 heavy (non-hydrogen) atoms. The number of anilines is 1. The van der Waals surface area contributed by atoms with E-state index in [1.807, 2.05) is 31.2 Å². The number of aryl methyl sites for hydroxylation is 1. The summed E-state index contributed by atoms with van der Waals surface area (Å²) < 4.78 is 47.3. The number of hydrogen-bond donors (Lipinski definition) is 1. The molecule has 0 spiro atoms. The molecule has 4 rings (SSSR count). The SMILES string of the molecule is Cc1c(C(=O)Nc2ccc(F)c(S(=O)(=O)N3CCOCC3)c2)sc2ccccc12. The molecule has 0 saturated carbocycles. The number of sulfonamides is 1. The Morgan fingerprint density at radius 2 is 1.90 bits per heavy atom. The van der Waals surface area contributed by atoms with Crippen LogP contribution < -0.4 is 5.32 Å². The van der Waals surface area contributed by atoms with Gasteiger partial charge >= 0.3 is 0 Å². The van der Waals surface area contributed by atoms with Crippen LogP contribution in [0.2, 0.25) is 0 Å². The van der Waals surface area contributed by atoms with E-state index in [4.69, 9.17) is 4.74 Å². The van der Waals surface area contributed by atoms with Crippen molar-refractivity contribution in [2.75, 3.05) is 31.6 Å². The van der Waals surface area contributed by atoms with Crippen LogP contribution in [0.5, 0.6) is 0 Å². The second-order valence-corrected chi connectivity index (χ2v) is 9.63. The molecule has 0 aliphatic carbocycles. The first-order valence-electron chi connectivity index (χ1n) is 9.05. The summed E-state index contributed by atoms with van der Waals surface area (Å²) in [5.41, 5.74) is 1.08. The molecule has 3 aromatic rings. The van der Waals surface area contributed by atoms with Gasteiger partial charge in [0.05, 0.1) is 18.1 Å². The van der Waals surface area contributed by atoms with Crippen LogP contribution in [0, 0.1) is 12.7 Å². The van der Waals surface area contributed by atoms with Gasteiger partial charge in [0.2, 0.25) is 10.0 Å². The molecule has 6 nitrogen and oxygen atoms in total. The molecular weight excluding hydrogens is 415 g/mol. The minimum absolute atomic E-state index is 0.166. The van der Waals surface area contributed by atoms with E-state index in [0.29, 0.717) is 4.88 Å². The molecule has 1 fully saturated rings. The summed E-state index contributed by atoms with van der Waals surface area (Å²) in [6.45, 7) is 2.73. The predicted molar refractivity (Wildman–Crippen MR) is 110 cm³/mol. The number of ether oxygens (including phenoxy) is 1. The fraction of sp³-hybridized carbons (Fsp3) is 0.250. The van der Waals surface area contributed by atoms with Gasteiger partial charge in [-0.25, -0.2) is 12.8 Å². The third kappa shape index (κ3) is 3.78. The fourth-order valence-electron chi connectivity index (χ4n) is 3.28. The Kier molecular flexibility index (Phi) is 5.39. The molecule has 1 aliphatic rings. The number of benzene rings is 2. The zero-order valence-electron chi connectivity index (χ0n) is 15.6. The molecule has 0 unspecified atom stereocenters. The van der Waals surface area contributed by atoms with Gasteiger partial charge in [-0.15, -0.1) is 11.3 Å². The smallest absolute Gasteiger partial charge is 0.266 e. The van der Waals surface area contributed by atoms with E-state index in [1.165, 1.54) is 27.8 Å². The normalized spacial score (nSPS) is 15.5. The lowest BCUT2D eigenvalue weighted by molar-refractivity contribution is 0.0729. The summed E-state index contributed by atoms with van der Waals surface area (Å²) in [6, 6.07) is 11.3. The van der Waals surface area contributed by atoms with Crippen LogP contribution in [-0.2, 0) is 14.8 Å². The van der Waals surface area contributed by atoms with Crippen LogP contribution in [0.25, 0.3) is 10.1 Å². The number of carbonyl (C=O) groups is 1. The highest BCUT2D eigenvalue weighted by Crippen LogP contribution is 2.31. The Labute approximate surface area is 172 Å². The predicted octanol–water partition coefficient (Wildman–Crippen LogP) is 3.62. The number of thiophene rings is 1. The Bertz CT molecular complexity index is 1180. The van der Waals surface area contributed by atoms with E-state index in [2.05, 4.69) is 5.32 Å². The highest BCUT2D eigenvalue weighted by molar-refractivity contribution is 7.89. The summed E-state index contributed by atoms with van der Waals surface area (Å²) in [6.07, 6.45) is 0. The Hall–Kier alpha value is -2.33. The maximum Gasteiger partial charge on any atom is 0.266 e. The Morgan fingerprint density at radius 1 is 1.17 bits per heavy atom. The van der Waals surface area contributed by atoms with E-state index in [1.54, 1.807) is 0 Å². The highest BCUT2D eigenvalue weighted by Gasteiger charge is 2.29. The number of carbonyl (C=O) groups excluding carboxylic acids is 1. The standard InChI is InChI=1S/C20H19FN2O4S2/c1-13-15-4-2-3-5-17(15)28-19(13)20(24)22-14-6-7-16(21)18(12-14)29(25,26)23-8-10-27-11-9-23/h2-7,12H,8-11H2,1H3,(H,22,24). The number of nitrogens with zero attached hydrogens (tertiary/aromatic N) is 1. The lowest BCUT2D eigenvalue weighted by atomic mass is 10.1. The van der Waals surface area contributed by atoms with Crippen LogP contribution in [-0.4, -0.2) is 44.9 Å². The summed E-state index contributed by atoms with van der Waals surface area (Å²) in [4.78, 5) is 12.9. The van der Waals surface area contributed by atoms with Gasteiger partial charge in [-0.1, -0.05) is 18.2 Å². The molecule has 1 N–H and O–H groups in total. The third-order valence-electron chi connectivity index (χ3n) is 4.83. The van der Waals surface area contributed by atoms with Crippen LogP contribution in [0.4, 0.5) is 10.1 Å². The van der Waals surface area contributed by atoms with Crippen molar-refractivity contribution in [2.24, 2.45) is 0 Å². The van der Waals surface area contributed by atoms with Crippen molar-refractivity contribution < 1.29 is 22.3 Å². The highest BCUT2D eigenvalue weighted by atomic mass is 32.2. The van der Waals surface area contributed by atoms with E-state index >= 15 is 0 Å². The van der Waals surface area contributed by atoms with Crippen LogP contribution in [0.15, 0.2) is 47.4 Å². The molecule has 0 atom stereocenters. The Morgan fingerprint density at radius 3 is 2.62 bits per heavy atom. The zero-order valence-corrected chi connectivity index (χ0v) is 17.3. The van der Waals surface area contributed by atoms with Gasteiger partial charge in [-0.05, 0) is 42.1 Å². The second-order valence-electron chi connectivity index (χ2n) is 6.67. The lowest BCUT2D eigenvalue weighted by Gasteiger charge is -2.26. The van der Waals surface area contributed by atoms with Gasteiger partial charge < -0.3 is 10.1 Å². The number of halogens is 1. The molecule has 9 heteroatoms. The number of amides is 1. The lowest BCUT2D eigenvalue weighted by Crippen LogP contribution is -2.40. The molecule has 2 aromatic carbocycles. The van der Waals surface area contributed by atoms with Crippen molar-refractivity contribution in [1.82, 2.24) is 4.31 Å². The van der Waals surface area contributed by atoms with E-state index in [0.717, 1.165) is 21.7 Å². The van der Waals surface area contributed by atoms with Crippen molar-refractivity contribution in [3.63, 3.8) is 0 Å². The molecule has 1 amide bonds. The average molecular weight is 435 g/mol. The van der Waals surface area contributed by atoms with Gasteiger partial charge in [0, 0.05) is 23.5 Å². The number of nitrogens with one attached hydrogen (secondary N) is 1. The van der Waals surface area contributed by atoms with Gasteiger partial charge in [0.1, 0.15) is 10.7 Å².